The van der Waals surface area contributed by atoms with Gasteiger partial charge in [-0.2, -0.15) is 0 Å². The van der Waals surface area contributed by atoms with Crippen LogP contribution >= 0.6 is 0 Å². The maximum Gasteiger partial charge on any atom is 0.0886 e. The predicted octanol–water partition coefficient (Wildman–Crippen LogP) is 7.78. The predicted molar refractivity (Wildman–Crippen MR) is 187 cm³/mol. The van der Waals surface area contributed by atoms with Crippen molar-refractivity contribution < 1.29 is 17.1 Å². The normalized spacial score (nSPS) is 11.3. The van der Waals surface area contributed by atoms with Crippen molar-refractivity contribution in [3.63, 3.8) is 0 Å². The van der Waals surface area contributed by atoms with Crippen LogP contribution in [0.5, 0.6) is 0 Å². The van der Waals surface area contributed by atoms with Crippen molar-refractivity contribution >= 4 is 28.0 Å². The van der Waals surface area contributed by atoms with Gasteiger partial charge in [0.15, 0.2) is 0 Å². The fourth-order valence-corrected chi connectivity index (χ4v) is 13.0. The van der Waals surface area contributed by atoms with Gasteiger partial charge in [0.05, 0.1) is 40.4 Å². The molecule has 0 saturated heterocycles. The Bertz CT molecular complexity index is 1160. The molecule has 0 saturated carbocycles. The summed E-state index contributed by atoms with van der Waals surface area (Å²) in [6, 6.07) is 26.2. The van der Waals surface area contributed by atoms with E-state index in [1.54, 1.807) is 0 Å². The Kier molecular flexibility index (Phi) is 16.3. The van der Waals surface area contributed by atoms with Gasteiger partial charge in [0.25, 0.3) is 0 Å². The Hall–Kier alpha value is -2.45. The summed E-state index contributed by atoms with van der Waals surface area (Å²) in [5.41, 5.74) is 3.85. The molecular formula is C36H52FeN4Si2. The summed E-state index contributed by atoms with van der Waals surface area (Å²) in [5.74, 6) is 3.10. The Morgan fingerprint density at radius 2 is 0.767 bits per heavy atom. The van der Waals surface area contributed by atoms with Crippen LogP contribution in [0.4, 0.5) is 0 Å². The number of hydrogen-bond donors (Lipinski definition) is 0. The van der Waals surface area contributed by atoms with Crippen LogP contribution in [0.1, 0.15) is 55.4 Å². The van der Waals surface area contributed by atoms with E-state index in [9.17, 15) is 0 Å². The number of aromatic nitrogens is 4. The number of rotatable bonds is 12. The van der Waals surface area contributed by atoms with Crippen molar-refractivity contribution in [1.29, 1.82) is 0 Å². The average Bonchev–Trinajstić information content (AvgIpc) is 2.97. The van der Waals surface area contributed by atoms with Crippen LogP contribution in [0.25, 0.3) is 22.8 Å². The minimum Gasteiger partial charge on any atom is -0.255 e. The molecule has 0 fully saturated rings. The first-order valence-electron chi connectivity index (χ1n) is 15.9. The summed E-state index contributed by atoms with van der Waals surface area (Å²) in [6.07, 6.45) is 7.84. The smallest absolute Gasteiger partial charge is 0.0886 e. The summed E-state index contributed by atoms with van der Waals surface area (Å²) in [5, 5.41) is 2.99. The monoisotopic (exact) mass is 652 g/mol. The van der Waals surface area contributed by atoms with E-state index in [4.69, 9.17) is 0 Å². The standard InChI is InChI=1S/2C18H26N2Si.Fe/c2*1-14(2)12-21(13-15(3)4)16-8-9-18(20-11-16)17-7-5-6-10-19-17;/h2*5-11,14-15,21H,12-13H2,1-4H3;. The Labute approximate surface area is 275 Å². The maximum absolute atomic E-state index is 4.66. The molecular weight excluding hydrogens is 600 g/mol. The molecule has 4 rings (SSSR count). The van der Waals surface area contributed by atoms with E-state index in [0.717, 1.165) is 46.4 Å². The minimum atomic E-state index is -0.905. The molecule has 0 aromatic carbocycles. The second kappa shape index (κ2) is 19.0. The second-order valence-corrected chi connectivity index (χ2v) is 19.3. The molecule has 0 aliphatic rings. The van der Waals surface area contributed by atoms with E-state index in [0.29, 0.717) is 0 Å². The zero-order chi connectivity index (χ0) is 30.5. The van der Waals surface area contributed by atoms with Gasteiger partial charge in [-0.05, 0) is 70.4 Å². The first-order chi connectivity index (χ1) is 20.1. The van der Waals surface area contributed by atoms with E-state index in [-0.39, 0.29) is 17.1 Å². The molecule has 0 atom stereocenters. The van der Waals surface area contributed by atoms with E-state index < -0.39 is 17.6 Å². The number of pyridine rings is 4. The zero-order valence-corrected chi connectivity index (χ0v) is 30.9. The first kappa shape index (κ1) is 36.7. The average molecular weight is 653 g/mol. The molecule has 0 N–H and O–H groups in total. The van der Waals surface area contributed by atoms with Crippen molar-refractivity contribution in [2.75, 3.05) is 0 Å². The van der Waals surface area contributed by atoms with Gasteiger partial charge in [-0.15, -0.1) is 0 Å². The molecule has 0 bridgehead atoms. The van der Waals surface area contributed by atoms with Gasteiger partial charge in [-0.25, -0.2) is 0 Å². The Morgan fingerprint density at radius 1 is 0.442 bits per heavy atom. The molecule has 232 valence electrons. The molecule has 4 aromatic rings. The molecule has 0 spiro atoms. The van der Waals surface area contributed by atoms with Crippen LogP contribution in [-0.4, -0.2) is 37.5 Å². The van der Waals surface area contributed by atoms with Crippen LogP contribution in [0, 0.1) is 23.7 Å². The quantitative estimate of drug-likeness (QED) is 0.147. The maximum atomic E-state index is 4.66. The molecule has 4 aromatic heterocycles. The molecule has 43 heavy (non-hydrogen) atoms. The molecule has 0 aliphatic carbocycles. The van der Waals surface area contributed by atoms with Crippen molar-refractivity contribution in [3.8, 4) is 22.8 Å². The fourth-order valence-electron chi connectivity index (χ4n) is 5.64. The summed E-state index contributed by atoms with van der Waals surface area (Å²) in [7, 11) is -1.81. The van der Waals surface area contributed by atoms with Crippen LogP contribution in [0.15, 0.2) is 85.5 Å². The van der Waals surface area contributed by atoms with Gasteiger partial charge < -0.3 is 0 Å². The fraction of sp³-hybridized carbons (Fsp3) is 0.444. The third-order valence-electron chi connectivity index (χ3n) is 7.39. The van der Waals surface area contributed by atoms with E-state index in [1.165, 1.54) is 34.5 Å². The van der Waals surface area contributed by atoms with Crippen molar-refractivity contribution in [2.45, 2.75) is 79.6 Å². The van der Waals surface area contributed by atoms with Gasteiger partial charge in [0.2, 0.25) is 0 Å². The van der Waals surface area contributed by atoms with Crippen LogP contribution in [-0.2, 0) is 17.1 Å². The largest absolute Gasteiger partial charge is 0.255 e. The van der Waals surface area contributed by atoms with Gasteiger partial charge in [0, 0.05) is 41.9 Å². The Morgan fingerprint density at radius 3 is 1.00 bits per heavy atom. The SMILES string of the molecule is CC(C)C[SiH](CC(C)C)c1ccc(-c2ccccn2)nc1.CC(C)C[SiH](CC(C)C)c1ccc(-c2ccccn2)nc1.[Fe]. The van der Waals surface area contributed by atoms with Gasteiger partial charge in [0.1, 0.15) is 0 Å². The minimum absolute atomic E-state index is 0. The topological polar surface area (TPSA) is 51.6 Å². The number of nitrogens with zero attached hydrogens (tertiary/aromatic N) is 4. The van der Waals surface area contributed by atoms with Crippen LogP contribution in [0.3, 0.4) is 0 Å². The molecule has 0 aliphatic heterocycles. The van der Waals surface area contributed by atoms with Gasteiger partial charge in [-0.1, -0.05) is 104 Å². The third-order valence-corrected chi connectivity index (χ3v) is 16.0. The summed E-state index contributed by atoms with van der Waals surface area (Å²) in [4.78, 5) is 18.1. The summed E-state index contributed by atoms with van der Waals surface area (Å²) < 4.78 is 0. The van der Waals surface area contributed by atoms with Crippen molar-refractivity contribution in [1.82, 2.24) is 19.9 Å². The molecule has 4 nitrogen and oxygen atoms in total. The molecule has 4 heterocycles. The van der Waals surface area contributed by atoms with Crippen LogP contribution in [0.2, 0.25) is 24.2 Å². The van der Waals surface area contributed by atoms with E-state index in [1.807, 2.05) is 48.8 Å². The van der Waals surface area contributed by atoms with E-state index >= 15 is 0 Å². The van der Waals surface area contributed by atoms with E-state index in [2.05, 4.69) is 112 Å². The zero-order valence-electron chi connectivity index (χ0n) is 27.5. The van der Waals surface area contributed by atoms with Gasteiger partial charge >= 0.3 is 0 Å². The summed E-state index contributed by atoms with van der Waals surface area (Å²) in [6.45, 7) is 18.6. The second-order valence-electron chi connectivity index (χ2n) is 13.3. The molecule has 0 radical (unpaired) electrons. The molecule has 0 unspecified atom stereocenters. The number of hydrogen-bond acceptors (Lipinski definition) is 4. The summed E-state index contributed by atoms with van der Waals surface area (Å²) >= 11 is 0. The first-order valence-corrected chi connectivity index (χ1v) is 20.3. The van der Waals surface area contributed by atoms with Gasteiger partial charge in [-0.3, -0.25) is 19.9 Å². The van der Waals surface area contributed by atoms with Crippen molar-refractivity contribution in [3.05, 3.63) is 85.5 Å². The van der Waals surface area contributed by atoms with Crippen molar-refractivity contribution in [2.24, 2.45) is 23.7 Å². The van der Waals surface area contributed by atoms with Crippen LogP contribution < -0.4 is 10.4 Å². The molecule has 0 amide bonds. The Balaban J connectivity index is 0.000000293. The third kappa shape index (κ3) is 13.0. The molecule has 7 heteroatoms.